The monoisotopic (exact) mass is 300 g/mol. The van der Waals surface area contributed by atoms with Crippen LogP contribution in [0.25, 0.3) is 0 Å². The molecule has 0 saturated heterocycles. The molecular formula is C13H20S3Si. The summed E-state index contributed by atoms with van der Waals surface area (Å²) >= 11 is 8.80. The first-order valence-corrected chi connectivity index (χ1v) is 11.7. The molecule has 0 spiro atoms. The van der Waals surface area contributed by atoms with Gasteiger partial charge in [0.25, 0.3) is 0 Å². The Morgan fingerprint density at radius 2 is 1.71 bits per heavy atom. The highest BCUT2D eigenvalue weighted by Gasteiger charge is 2.15. The summed E-state index contributed by atoms with van der Waals surface area (Å²) in [5.74, 6) is 2.07. The Balaban J connectivity index is 2.54. The van der Waals surface area contributed by atoms with E-state index in [4.69, 9.17) is 12.2 Å². The van der Waals surface area contributed by atoms with Crippen LogP contribution in [-0.2, 0) is 5.75 Å². The maximum atomic E-state index is 5.27. The number of benzene rings is 1. The summed E-state index contributed by atoms with van der Waals surface area (Å²) in [6, 6.07) is 9.08. The van der Waals surface area contributed by atoms with Gasteiger partial charge in [0, 0.05) is 5.75 Å². The van der Waals surface area contributed by atoms with Crippen LogP contribution in [-0.4, -0.2) is 17.4 Å². The Morgan fingerprint density at radius 3 is 2.18 bits per heavy atom. The molecule has 0 aliphatic carbocycles. The van der Waals surface area contributed by atoms with E-state index in [1.165, 1.54) is 10.8 Å². The molecule has 0 aliphatic heterocycles. The van der Waals surface area contributed by atoms with Crippen molar-refractivity contribution in [2.24, 2.45) is 0 Å². The maximum Gasteiger partial charge on any atom is 0.104 e. The number of hydrogen-bond acceptors (Lipinski definition) is 3. The van der Waals surface area contributed by atoms with E-state index >= 15 is 0 Å². The molecule has 0 fully saturated rings. The standard InChI is InChI=1S/C13H20S3Si/c1-5-15-13(14)16-10-11-6-8-12(9-7-11)17(2,3)4/h6-9H,5,10H2,1-4H3. The molecule has 1 rings (SSSR count). The molecule has 0 atom stereocenters. The van der Waals surface area contributed by atoms with E-state index in [0.29, 0.717) is 0 Å². The van der Waals surface area contributed by atoms with Gasteiger partial charge >= 0.3 is 0 Å². The highest BCUT2D eigenvalue weighted by molar-refractivity contribution is 8.46. The zero-order chi connectivity index (χ0) is 12.9. The lowest BCUT2D eigenvalue weighted by Crippen LogP contribution is -2.37. The first kappa shape index (κ1) is 15.3. The summed E-state index contributed by atoms with van der Waals surface area (Å²) in [4.78, 5) is 0. The fraction of sp³-hybridized carbons (Fsp3) is 0.462. The van der Waals surface area contributed by atoms with Crippen LogP contribution in [0.5, 0.6) is 0 Å². The fourth-order valence-corrected chi connectivity index (χ4v) is 4.68. The first-order valence-electron chi connectivity index (χ1n) is 5.82. The minimum absolute atomic E-state index is 0.998. The predicted octanol–water partition coefficient (Wildman–Crippen LogP) is 4.50. The Kier molecular flexibility index (Phi) is 6.27. The molecule has 1 aromatic rings. The smallest absolute Gasteiger partial charge is 0.104 e. The van der Waals surface area contributed by atoms with Gasteiger partial charge in [0.15, 0.2) is 0 Å². The summed E-state index contributed by atoms with van der Waals surface area (Å²) < 4.78 is 1.06. The maximum absolute atomic E-state index is 5.27. The van der Waals surface area contributed by atoms with Gasteiger partial charge in [0.2, 0.25) is 0 Å². The fourth-order valence-electron chi connectivity index (χ4n) is 1.40. The van der Waals surface area contributed by atoms with Gasteiger partial charge in [-0.3, -0.25) is 0 Å². The molecule has 0 nitrogen and oxygen atoms in total. The minimum atomic E-state index is -1.15. The molecule has 0 aromatic heterocycles. The van der Waals surface area contributed by atoms with Crippen molar-refractivity contribution in [1.29, 1.82) is 0 Å². The van der Waals surface area contributed by atoms with Gasteiger partial charge in [-0.25, -0.2) is 0 Å². The Bertz CT molecular complexity index is 365. The van der Waals surface area contributed by atoms with Gasteiger partial charge in [-0.05, 0) is 11.3 Å². The van der Waals surface area contributed by atoms with E-state index in [1.54, 1.807) is 23.5 Å². The second-order valence-corrected chi connectivity index (χ2v) is 13.4. The lowest BCUT2D eigenvalue weighted by molar-refractivity contribution is 1.43. The van der Waals surface area contributed by atoms with E-state index in [9.17, 15) is 0 Å². The van der Waals surface area contributed by atoms with E-state index in [2.05, 4.69) is 50.8 Å². The second-order valence-electron chi connectivity index (χ2n) is 4.92. The topological polar surface area (TPSA) is 0 Å². The largest absolute Gasteiger partial charge is 0.108 e. The highest BCUT2D eigenvalue weighted by Crippen LogP contribution is 2.21. The molecule has 0 aliphatic rings. The van der Waals surface area contributed by atoms with Crippen molar-refractivity contribution in [3.05, 3.63) is 29.8 Å². The van der Waals surface area contributed by atoms with Gasteiger partial charge in [-0.2, -0.15) is 0 Å². The molecular weight excluding hydrogens is 280 g/mol. The van der Waals surface area contributed by atoms with Crippen LogP contribution in [0.1, 0.15) is 12.5 Å². The third kappa shape index (κ3) is 5.60. The van der Waals surface area contributed by atoms with E-state index < -0.39 is 8.07 Å². The Labute approximate surface area is 120 Å². The molecule has 1 aromatic carbocycles. The van der Waals surface area contributed by atoms with E-state index in [1.807, 2.05) is 0 Å². The SMILES string of the molecule is CCSC(=S)SCc1ccc([Si](C)(C)C)cc1. The predicted molar refractivity (Wildman–Crippen MR) is 91.4 cm³/mol. The van der Waals surface area contributed by atoms with Crippen molar-refractivity contribution in [3.8, 4) is 0 Å². The van der Waals surface area contributed by atoms with Gasteiger partial charge in [0.1, 0.15) is 3.53 Å². The third-order valence-corrected chi connectivity index (χ3v) is 7.16. The first-order chi connectivity index (χ1) is 7.93. The highest BCUT2D eigenvalue weighted by atomic mass is 32.2. The molecule has 0 radical (unpaired) electrons. The van der Waals surface area contributed by atoms with Gasteiger partial charge in [-0.1, -0.05) is 68.2 Å². The molecule has 0 saturated carbocycles. The molecule has 0 heterocycles. The lowest BCUT2D eigenvalue weighted by atomic mass is 10.2. The quantitative estimate of drug-likeness (QED) is 0.593. The van der Waals surface area contributed by atoms with Gasteiger partial charge < -0.3 is 0 Å². The summed E-state index contributed by atoms with van der Waals surface area (Å²) in [5.41, 5.74) is 1.37. The molecule has 0 unspecified atom stereocenters. The average molecular weight is 301 g/mol. The number of hydrogen-bond donors (Lipinski definition) is 0. The van der Waals surface area contributed by atoms with Crippen LogP contribution in [0.15, 0.2) is 24.3 Å². The summed E-state index contributed by atoms with van der Waals surface area (Å²) in [7, 11) is -1.15. The van der Waals surface area contributed by atoms with E-state index in [0.717, 1.165) is 15.0 Å². The lowest BCUT2D eigenvalue weighted by Gasteiger charge is -2.16. The van der Waals surface area contributed by atoms with Crippen LogP contribution >= 0.6 is 35.7 Å². The molecule has 0 N–H and O–H groups in total. The van der Waals surface area contributed by atoms with Crippen LogP contribution in [0.3, 0.4) is 0 Å². The zero-order valence-electron chi connectivity index (χ0n) is 10.9. The average Bonchev–Trinajstić information content (AvgIpc) is 2.26. The van der Waals surface area contributed by atoms with Crippen LogP contribution in [0.4, 0.5) is 0 Å². The Hall–Kier alpha value is 0.227. The molecule has 4 heteroatoms. The van der Waals surface area contributed by atoms with Crippen LogP contribution in [0, 0.1) is 0 Å². The van der Waals surface area contributed by atoms with Crippen molar-refractivity contribution < 1.29 is 0 Å². The number of thiocarbonyl (C=S) groups is 1. The summed E-state index contributed by atoms with van der Waals surface area (Å²) in [5, 5.41) is 1.52. The van der Waals surface area contributed by atoms with Gasteiger partial charge in [-0.15, -0.1) is 23.5 Å². The van der Waals surface area contributed by atoms with Crippen molar-refractivity contribution >= 4 is 52.5 Å². The normalized spacial score (nSPS) is 11.5. The minimum Gasteiger partial charge on any atom is -0.108 e. The van der Waals surface area contributed by atoms with Crippen molar-refractivity contribution in [1.82, 2.24) is 0 Å². The molecule has 0 amide bonds. The summed E-state index contributed by atoms with van der Waals surface area (Å²) in [6.45, 7) is 9.28. The third-order valence-electron chi connectivity index (χ3n) is 2.44. The second kappa shape index (κ2) is 6.97. The number of rotatable bonds is 4. The summed E-state index contributed by atoms with van der Waals surface area (Å²) in [6.07, 6.45) is 0. The van der Waals surface area contributed by atoms with Crippen molar-refractivity contribution in [2.45, 2.75) is 32.3 Å². The zero-order valence-corrected chi connectivity index (χ0v) is 14.4. The van der Waals surface area contributed by atoms with Crippen molar-refractivity contribution in [2.75, 3.05) is 5.75 Å². The molecule has 94 valence electrons. The number of thioether (sulfide) groups is 2. The van der Waals surface area contributed by atoms with Crippen molar-refractivity contribution in [3.63, 3.8) is 0 Å². The van der Waals surface area contributed by atoms with Crippen LogP contribution in [0.2, 0.25) is 19.6 Å². The molecule has 0 bridgehead atoms. The van der Waals surface area contributed by atoms with Gasteiger partial charge in [0.05, 0.1) is 8.07 Å². The van der Waals surface area contributed by atoms with Crippen LogP contribution < -0.4 is 5.19 Å². The van der Waals surface area contributed by atoms with E-state index in [-0.39, 0.29) is 0 Å². The molecule has 17 heavy (non-hydrogen) atoms. The Morgan fingerprint density at radius 1 is 1.12 bits per heavy atom.